The Bertz CT molecular complexity index is 404. The van der Waals surface area contributed by atoms with Crippen LogP contribution >= 0.6 is 11.3 Å². The van der Waals surface area contributed by atoms with E-state index >= 15 is 0 Å². The molecule has 0 aromatic carbocycles. The monoisotopic (exact) mass is 152 g/mol. The highest BCUT2D eigenvalue weighted by Crippen LogP contribution is 1.99. The number of hydrogen-bond acceptors (Lipinski definition) is 4. The lowest BCUT2D eigenvalue weighted by Gasteiger charge is -1.83. The summed E-state index contributed by atoms with van der Waals surface area (Å²) < 4.78 is 1.51. The summed E-state index contributed by atoms with van der Waals surface area (Å²) in [6, 6.07) is 1.36. The molecule has 0 aliphatic heterocycles. The van der Waals surface area contributed by atoms with Crippen molar-refractivity contribution < 1.29 is 0 Å². The van der Waals surface area contributed by atoms with Crippen molar-refractivity contribution in [3.05, 3.63) is 28.1 Å². The molecule has 49 valence electrons. The van der Waals surface area contributed by atoms with Gasteiger partial charge < -0.3 is 0 Å². The molecule has 0 N–H and O–H groups in total. The molecule has 4 nitrogen and oxygen atoms in total. The molecule has 0 atom stereocenters. The van der Waals surface area contributed by atoms with E-state index in [-0.39, 0.29) is 5.56 Å². The van der Waals surface area contributed by atoms with Gasteiger partial charge in [-0.3, -0.25) is 4.79 Å². The summed E-state index contributed by atoms with van der Waals surface area (Å²) in [5, 5.41) is 3.77. The highest BCUT2D eigenvalue weighted by molar-refractivity contribution is 7.14. The van der Waals surface area contributed by atoms with E-state index in [1.807, 2.05) is 0 Å². The average Bonchev–Trinajstić information content (AvgIpc) is 2.33. The van der Waals surface area contributed by atoms with Gasteiger partial charge >= 0.3 is 0 Å². The Kier molecular flexibility index (Phi) is 1.04. The van der Waals surface area contributed by atoms with Crippen LogP contribution < -0.4 is 5.56 Å². The lowest BCUT2D eigenvalue weighted by Crippen LogP contribution is -2.04. The third-order valence-electron chi connectivity index (χ3n) is 1.05. The molecule has 1 radical (unpaired) electrons. The Balaban J connectivity index is 2.99. The topological polar surface area (TPSA) is 47.3 Å². The molecule has 0 saturated heterocycles. The molecule has 0 saturated carbocycles. The molecule has 2 rings (SSSR count). The van der Waals surface area contributed by atoms with Gasteiger partial charge in [0.1, 0.15) is 0 Å². The van der Waals surface area contributed by atoms with Crippen LogP contribution in [0, 0.1) is 5.51 Å². The first-order valence-corrected chi connectivity index (χ1v) is 3.40. The summed E-state index contributed by atoms with van der Waals surface area (Å²) in [6.45, 7) is 0. The van der Waals surface area contributed by atoms with Crippen LogP contribution in [0.3, 0.4) is 0 Å². The van der Waals surface area contributed by atoms with E-state index in [9.17, 15) is 4.79 Å². The summed E-state index contributed by atoms with van der Waals surface area (Å²) in [5.41, 5.74) is 2.38. The van der Waals surface area contributed by atoms with E-state index < -0.39 is 0 Å². The lowest BCUT2D eigenvalue weighted by atomic mass is 10.7. The molecule has 0 fully saturated rings. The Hall–Kier alpha value is -1.23. The van der Waals surface area contributed by atoms with E-state index in [4.69, 9.17) is 0 Å². The van der Waals surface area contributed by atoms with Gasteiger partial charge in [-0.05, 0) is 0 Å². The molecule has 2 heterocycles. The largest absolute Gasteiger partial charge is 0.273 e. The van der Waals surface area contributed by atoms with Gasteiger partial charge in [0, 0.05) is 12.3 Å². The Morgan fingerprint density at radius 3 is 3.50 bits per heavy atom. The summed E-state index contributed by atoms with van der Waals surface area (Å²) in [4.78, 5) is 14.9. The maximum absolute atomic E-state index is 10.6. The van der Waals surface area contributed by atoms with Gasteiger partial charge in [-0.2, -0.15) is 10.1 Å². The van der Waals surface area contributed by atoms with Crippen LogP contribution in [0.15, 0.2) is 17.1 Å². The van der Waals surface area contributed by atoms with Crippen LogP contribution in [0.5, 0.6) is 0 Å². The van der Waals surface area contributed by atoms with Gasteiger partial charge in [-0.1, -0.05) is 11.3 Å². The number of rotatable bonds is 0. The fourth-order valence-corrected chi connectivity index (χ4v) is 1.17. The molecule has 0 spiro atoms. The van der Waals surface area contributed by atoms with E-state index in [1.54, 1.807) is 6.20 Å². The Morgan fingerprint density at radius 1 is 1.70 bits per heavy atom. The van der Waals surface area contributed by atoms with E-state index in [1.165, 1.54) is 21.9 Å². The minimum Gasteiger partial charge on any atom is -0.267 e. The third-order valence-corrected chi connectivity index (χ3v) is 1.68. The van der Waals surface area contributed by atoms with Crippen molar-refractivity contribution in [3.8, 4) is 0 Å². The van der Waals surface area contributed by atoms with Gasteiger partial charge in [-0.25, -0.2) is 4.52 Å². The lowest BCUT2D eigenvalue weighted by molar-refractivity contribution is 0.927. The van der Waals surface area contributed by atoms with E-state index in [0.717, 1.165) is 0 Å². The zero-order valence-corrected chi connectivity index (χ0v) is 5.63. The fraction of sp³-hybridized carbons (Fsp3) is 0. The normalized spacial score (nSPS) is 10.4. The van der Waals surface area contributed by atoms with Crippen molar-refractivity contribution >= 4 is 16.3 Å². The first kappa shape index (κ1) is 5.55. The number of aromatic nitrogens is 3. The summed E-state index contributed by atoms with van der Waals surface area (Å²) in [5.74, 6) is 0. The standard InChI is InChI=1S/C5H2N3OS/c9-4-1-2-8-5(7-4)10-3-6-8/h1-2H. The smallest absolute Gasteiger partial charge is 0.267 e. The fourth-order valence-electron chi connectivity index (χ4n) is 0.632. The SMILES string of the molecule is O=c1ccn2n[c]sc2n1. The predicted octanol–water partition coefficient (Wildman–Crippen LogP) is -0.0488. The number of hydrogen-bond donors (Lipinski definition) is 0. The average molecular weight is 152 g/mol. The molecular formula is C5H2N3OS. The van der Waals surface area contributed by atoms with Gasteiger partial charge in [-0.15, -0.1) is 0 Å². The van der Waals surface area contributed by atoms with Crippen molar-refractivity contribution in [3.63, 3.8) is 0 Å². The quantitative estimate of drug-likeness (QED) is 0.531. The molecule has 2 aromatic heterocycles. The summed E-state index contributed by atoms with van der Waals surface area (Å²) >= 11 is 1.22. The highest BCUT2D eigenvalue weighted by Gasteiger charge is 1.93. The summed E-state index contributed by atoms with van der Waals surface area (Å²) in [7, 11) is 0. The van der Waals surface area contributed by atoms with Gasteiger partial charge in [0.15, 0.2) is 5.51 Å². The first-order chi connectivity index (χ1) is 4.86. The third kappa shape index (κ3) is 0.714. The maximum atomic E-state index is 10.6. The highest BCUT2D eigenvalue weighted by atomic mass is 32.1. The second-order valence-electron chi connectivity index (χ2n) is 1.69. The second kappa shape index (κ2) is 1.88. The van der Waals surface area contributed by atoms with Crippen molar-refractivity contribution in [1.29, 1.82) is 0 Å². The number of nitrogens with zero attached hydrogens (tertiary/aromatic N) is 3. The zero-order valence-electron chi connectivity index (χ0n) is 4.81. The van der Waals surface area contributed by atoms with Crippen molar-refractivity contribution in [2.24, 2.45) is 0 Å². The molecule has 0 bridgehead atoms. The van der Waals surface area contributed by atoms with Gasteiger partial charge in [0.25, 0.3) is 5.56 Å². The van der Waals surface area contributed by atoms with Crippen LogP contribution in [0.25, 0.3) is 4.96 Å². The predicted molar refractivity (Wildman–Crippen MR) is 36.0 cm³/mol. The molecular weight excluding hydrogens is 150 g/mol. The first-order valence-electron chi connectivity index (χ1n) is 2.59. The van der Waals surface area contributed by atoms with Crippen LogP contribution in [0.2, 0.25) is 0 Å². The zero-order chi connectivity index (χ0) is 6.97. The van der Waals surface area contributed by atoms with Crippen molar-refractivity contribution in [1.82, 2.24) is 14.6 Å². The van der Waals surface area contributed by atoms with Crippen LogP contribution in [0.4, 0.5) is 0 Å². The molecule has 0 aliphatic carbocycles. The van der Waals surface area contributed by atoms with Crippen LogP contribution in [0.1, 0.15) is 0 Å². The maximum Gasteiger partial charge on any atom is 0.273 e. The molecule has 0 unspecified atom stereocenters. The van der Waals surface area contributed by atoms with Crippen LogP contribution in [-0.4, -0.2) is 14.6 Å². The van der Waals surface area contributed by atoms with Gasteiger partial charge in [0.05, 0.1) is 0 Å². The molecule has 10 heavy (non-hydrogen) atoms. The van der Waals surface area contributed by atoms with Crippen LogP contribution in [-0.2, 0) is 0 Å². The minimum atomic E-state index is -0.238. The second-order valence-corrected chi connectivity index (χ2v) is 2.44. The van der Waals surface area contributed by atoms with Crippen molar-refractivity contribution in [2.45, 2.75) is 0 Å². The van der Waals surface area contributed by atoms with Gasteiger partial charge in [0.2, 0.25) is 4.96 Å². The Morgan fingerprint density at radius 2 is 2.60 bits per heavy atom. The number of fused-ring (bicyclic) bond motifs is 1. The van der Waals surface area contributed by atoms with Crippen molar-refractivity contribution in [2.75, 3.05) is 0 Å². The van der Waals surface area contributed by atoms with E-state index in [2.05, 4.69) is 15.6 Å². The Labute approximate surface area is 59.8 Å². The molecule has 0 amide bonds. The minimum absolute atomic E-state index is 0.238. The summed E-state index contributed by atoms with van der Waals surface area (Å²) in [6.07, 6.45) is 1.57. The van der Waals surface area contributed by atoms with E-state index in [0.29, 0.717) is 4.96 Å². The molecule has 5 heteroatoms. The molecule has 0 aliphatic rings. The molecule has 2 aromatic rings.